The Kier molecular flexibility index (Phi) is 7.92. The average molecular weight is 575 g/mol. The van der Waals surface area contributed by atoms with Crippen LogP contribution in [0.15, 0.2) is 68.6 Å². The average Bonchev–Trinajstić information content (AvgIpc) is 2.78. The highest BCUT2D eigenvalue weighted by Crippen LogP contribution is 2.35. The van der Waals surface area contributed by atoms with Gasteiger partial charge in [0.2, 0.25) is 0 Å². The van der Waals surface area contributed by atoms with E-state index in [0.717, 1.165) is 11.6 Å². The van der Waals surface area contributed by atoms with Crippen LogP contribution in [0.1, 0.15) is 37.4 Å². The van der Waals surface area contributed by atoms with Gasteiger partial charge in [0.25, 0.3) is 5.91 Å². The zero-order valence-corrected chi connectivity index (χ0v) is 19.9. The number of carboxylic acids is 1. The van der Waals surface area contributed by atoms with Gasteiger partial charge in [-0.25, -0.2) is 14.6 Å². The third-order valence-electron chi connectivity index (χ3n) is 4.33. The maximum absolute atomic E-state index is 13.9. The van der Waals surface area contributed by atoms with E-state index in [0.29, 0.717) is 20.3 Å². The Morgan fingerprint density at radius 2 is 1.79 bits per heavy atom. The first kappa shape index (κ1) is 24.1. The molecular weight excluding hydrogens is 561 g/mol. The Hall–Kier alpha value is -3.55. The van der Waals surface area contributed by atoms with Crippen LogP contribution in [0.3, 0.4) is 0 Å². The van der Waals surface area contributed by atoms with Crippen LogP contribution in [0.2, 0.25) is 0 Å². The Morgan fingerprint density at radius 3 is 2.36 bits per heavy atom. The fraction of sp³-hybridized carbons (Fsp3) is 0.0435. The number of carbonyl (C=O) groups excluding carboxylic acids is 1. The lowest BCUT2D eigenvalue weighted by Crippen LogP contribution is -2.19. The molecule has 3 aromatic rings. The largest absolute Gasteiger partial charge is 0.487 e. The molecular formula is C23H14Br2FN3O4. The lowest BCUT2D eigenvalue weighted by atomic mass is 10.1. The van der Waals surface area contributed by atoms with Crippen molar-refractivity contribution in [1.82, 2.24) is 5.43 Å². The fourth-order valence-electron chi connectivity index (χ4n) is 2.69. The number of aromatic carboxylic acids is 1. The van der Waals surface area contributed by atoms with Gasteiger partial charge in [-0.3, -0.25) is 4.79 Å². The number of amides is 1. The first-order chi connectivity index (χ1) is 15.8. The Balaban J connectivity index is 1.64. The zero-order chi connectivity index (χ0) is 24.0. The highest BCUT2D eigenvalue weighted by atomic mass is 79.9. The van der Waals surface area contributed by atoms with Gasteiger partial charge in [0.1, 0.15) is 18.2 Å². The summed E-state index contributed by atoms with van der Waals surface area (Å²) in [5, 5.41) is 21.6. The van der Waals surface area contributed by atoms with E-state index in [-0.39, 0.29) is 23.3 Å². The summed E-state index contributed by atoms with van der Waals surface area (Å²) in [7, 11) is 0. The van der Waals surface area contributed by atoms with Gasteiger partial charge in [0.05, 0.1) is 37.9 Å². The Bertz CT molecular complexity index is 1260. The van der Waals surface area contributed by atoms with E-state index in [9.17, 15) is 14.0 Å². The van der Waals surface area contributed by atoms with Crippen LogP contribution in [0.4, 0.5) is 4.39 Å². The molecule has 10 heteroatoms. The molecule has 0 aliphatic carbocycles. The van der Waals surface area contributed by atoms with Crippen LogP contribution in [-0.2, 0) is 6.61 Å². The molecule has 0 aliphatic rings. The van der Waals surface area contributed by atoms with E-state index in [1.54, 1.807) is 30.3 Å². The summed E-state index contributed by atoms with van der Waals surface area (Å²) in [5.74, 6) is -2.03. The van der Waals surface area contributed by atoms with E-state index in [2.05, 4.69) is 42.4 Å². The minimum Gasteiger partial charge on any atom is -0.487 e. The van der Waals surface area contributed by atoms with Crippen molar-refractivity contribution in [1.29, 1.82) is 5.26 Å². The van der Waals surface area contributed by atoms with Gasteiger partial charge in [-0.05, 0) is 85.5 Å². The second-order valence-electron chi connectivity index (χ2n) is 6.61. The third kappa shape index (κ3) is 6.25. The molecule has 3 aromatic carbocycles. The van der Waals surface area contributed by atoms with Gasteiger partial charge in [-0.15, -0.1) is 0 Å². The van der Waals surface area contributed by atoms with Gasteiger partial charge in [0.15, 0.2) is 0 Å². The molecule has 0 fully saturated rings. The highest BCUT2D eigenvalue weighted by Gasteiger charge is 2.12. The van der Waals surface area contributed by atoms with E-state index >= 15 is 0 Å². The SMILES string of the molecule is N#Cc1ccc(C(=O)N/N=C\c2cc(Br)c(OCc3ccc(C(=O)O)cc3)c(Br)c2)c(F)c1. The molecule has 1 amide bonds. The number of nitrogens with zero attached hydrogens (tertiary/aromatic N) is 2. The van der Waals surface area contributed by atoms with Gasteiger partial charge in [0, 0.05) is 0 Å². The monoisotopic (exact) mass is 573 g/mol. The Morgan fingerprint density at radius 1 is 1.12 bits per heavy atom. The Labute approximate surface area is 204 Å². The minimum atomic E-state index is -0.997. The van der Waals surface area contributed by atoms with Crippen LogP contribution < -0.4 is 10.2 Å². The summed E-state index contributed by atoms with van der Waals surface area (Å²) in [6, 6.07) is 15.1. The number of carbonyl (C=O) groups is 2. The normalized spacial score (nSPS) is 10.6. The summed E-state index contributed by atoms with van der Waals surface area (Å²) in [6.07, 6.45) is 1.38. The quantitative estimate of drug-likeness (QED) is 0.295. The predicted molar refractivity (Wildman–Crippen MR) is 126 cm³/mol. The first-order valence-corrected chi connectivity index (χ1v) is 10.8. The van der Waals surface area contributed by atoms with Gasteiger partial charge in [-0.1, -0.05) is 12.1 Å². The van der Waals surface area contributed by atoms with Gasteiger partial charge in [-0.2, -0.15) is 10.4 Å². The van der Waals surface area contributed by atoms with Crippen LogP contribution in [0, 0.1) is 17.1 Å². The number of nitrogens with one attached hydrogen (secondary N) is 1. The number of hydrogen-bond acceptors (Lipinski definition) is 5. The van der Waals surface area contributed by atoms with Crippen molar-refractivity contribution < 1.29 is 23.8 Å². The first-order valence-electron chi connectivity index (χ1n) is 9.25. The van der Waals surface area contributed by atoms with Crippen molar-refractivity contribution in [2.24, 2.45) is 5.10 Å². The second-order valence-corrected chi connectivity index (χ2v) is 8.32. The molecule has 0 saturated heterocycles. The zero-order valence-electron chi connectivity index (χ0n) is 16.7. The number of halogens is 3. The maximum Gasteiger partial charge on any atom is 0.335 e. The number of nitriles is 1. The van der Waals surface area contributed by atoms with Crippen molar-refractivity contribution in [2.75, 3.05) is 0 Å². The third-order valence-corrected chi connectivity index (χ3v) is 5.51. The number of carboxylic acid groups (broad SMARTS) is 1. The van der Waals surface area contributed by atoms with E-state index in [1.165, 1.54) is 30.5 Å². The smallest absolute Gasteiger partial charge is 0.335 e. The maximum atomic E-state index is 13.9. The van der Waals surface area contributed by atoms with Gasteiger partial charge >= 0.3 is 5.97 Å². The molecule has 0 unspecified atom stereocenters. The van der Waals surface area contributed by atoms with Crippen LogP contribution >= 0.6 is 31.9 Å². The summed E-state index contributed by atoms with van der Waals surface area (Å²) < 4.78 is 21.0. The topological polar surface area (TPSA) is 112 Å². The fourth-order valence-corrected chi connectivity index (χ4v) is 4.14. The van der Waals surface area contributed by atoms with E-state index in [4.69, 9.17) is 15.1 Å². The molecule has 3 rings (SSSR count). The molecule has 2 N–H and O–H groups in total. The summed E-state index contributed by atoms with van der Waals surface area (Å²) in [6.45, 7) is 0.219. The summed E-state index contributed by atoms with van der Waals surface area (Å²) >= 11 is 6.85. The van der Waals surface area contributed by atoms with Crippen molar-refractivity contribution in [3.63, 3.8) is 0 Å². The van der Waals surface area contributed by atoms with Crippen LogP contribution in [0.25, 0.3) is 0 Å². The number of hydrazone groups is 1. The lowest BCUT2D eigenvalue weighted by molar-refractivity contribution is 0.0696. The van der Waals surface area contributed by atoms with E-state index < -0.39 is 17.7 Å². The molecule has 0 radical (unpaired) electrons. The summed E-state index contributed by atoms with van der Waals surface area (Å²) in [4.78, 5) is 23.0. The van der Waals surface area contributed by atoms with Crippen molar-refractivity contribution in [3.8, 4) is 11.8 Å². The van der Waals surface area contributed by atoms with Crippen LogP contribution in [-0.4, -0.2) is 23.2 Å². The molecule has 0 saturated carbocycles. The molecule has 0 aliphatic heterocycles. The molecule has 33 heavy (non-hydrogen) atoms. The number of hydrogen-bond donors (Lipinski definition) is 2. The number of rotatable bonds is 7. The summed E-state index contributed by atoms with van der Waals surface area (Å²) in [5.41, 5.74) is 3.73. The predicted octanol–water partition coefficient (Wildman–Crippen LogP) is 5.26. The highest BCUT2D eigenvalue weighted by molar-refractivity contribution is 9.11. The van der Waals surface area contributed by atoms with E-state index in [1.807, 2.05) is 0 Å². The van der Waals surface area contributed by atoms with Gasteiger partial charge < -0.3 is 9.84 Å². The molecule has 7 nitrogen and oxygen atoms in total. The molecule has 0 spiro atoms. The number of ether oxygens (including phenoxy) is 1. The second kappa shape index (κ2) is 10.8. The molecule has 0 aromatic heterocycles. The van der Waals surface area contributed by atoms with Crippen molar-refractivity contribution in [2.45, 2.75) is 6.61 Å². The minimum absolute atomic E-state index is 0.113. The lowest BCUT2D eigenvalue weighted by Gasteiger charge is -2.11. The molecule has 0 heterocycles. The van der Waals surface area contributed by atoms with Crippen LogP contribution in [0.5, 0.6) is 5.75 Å². The standard InChI is InChI=1S/C23H14Br2FN3O4/c24-18-7-15(11-28-29-22(30)17-6-3-14(10-27)9-20(17)26)8-19(25)21(18)33-12-13-1-4-16(5-2-13)23(31)32/h1-9,11H,12H2,(H,29,30)(H,31,32)/b28-11-. The van der Waals surface area contributed by atoms with Crippen molar-refractivity contribution in [3.05, 3.63) is 97.2 Å². The number of benzene rings is 3. The molecule has 166 valence electrons. The molecule has 0 bridgehead atoms. The molecule has 0 atom stereocenters. The van der Waals surface area contributed by atoms with Crippen molar-refractivity contribution >= 4 is 50.0 Å².